The number of hydrazine groups is 1. The standard InChI is InChI=1S/C13H20N4O/c1-2-14-12-11(7-6-8-15-12)13(18)16-17-9-4-3-5-10-17/h6-8H,2-5,9-10H2,1H3,(H,14,15)(H,16,18). The molecular formula is C13H20N4O. The second-order valence-corrected chi connectivity index (χ2v) is 4.42. The van der Waals surface area contributed by atoms with Gasteiger partial charge in [-0.15, -0.1) is 0 Å². The number of rotatable bonds is 4. The lowest BCUT2D eigenvalue weighted by Gasteiger charge is -2.27. The molecule has 1 amide bonds. The van der Waals surface area contributed by atoms with E-state index in [9.17, 15) is 4.79 Å². The summed E-state index contributed by atoms with van der Waals surface area (Å²) >= 11 is 0. The summed E-state index contributed by atoms with van der Waals surface area (Å²) in [6.45, 7) is 4.60. The molecule has 0 saturated carbocycles. The zero-order valence-electron chi connectivity index (χ0n) is 10.8. The number of hydrogen-bond donors (Lipinski definition) is 2. The maximum atomic E-state index is 12.2. The number of amides is 1. The molecule has 0 atom stereocenters. The molecule has 5 nitrogen and oxygen atoms in total. The van der Waals surface area contributed by atoms with E-state index in [1.54, 1.807) is 18.3 Å². The van der Waals surface area contributed by atoms with Gasteiger partial charge in [0.25, 0.3) is 5.91 Å². The van der Waals surface area contributed by atoms with Gasteiger partial charge in [-0.2, -0.15) is 0 Å². The zero-order valence-corrected chi connectivity index (χ0v) is 10.8. The summed E-state index contributed by atoms with van der Waals surface area (Å²) in [5.41, 5.74) is 3.55. The molecule has 1 aromatic heterocycles. The number of carbonyl (C=O) groups is 1. The topological polar surface area (TPSA) is 57.3 Å². The maximum Gasteiger partial charge on any atom is 0.269 e. The third kappa shape index (κ3) is 3.20. The molecule has 18 heavy (non-hydrogen) atoms. The molecule has 1 aromatic rings. The van der Waals surface area contributed by atoms with Crippen LogP contribution in [0.2, 0.25) is 0 Å². The van der Waals surface area contributed by atoms with Gasteiger partial charge >= 0.3 is 0 Å². The smallest absolute Gasteiger partial charge is 0.269 e. The summed E-state index contributed by atoms with van der Waals surface area (Å²) in [5, 5.41) is 5.10. The maximum absolute atomic E-state index is 12.2. The monoisotopic (exact) mass is 248 g/mol. The molecular weight excluding hydrogens is 228 g/mol. The van der Waals surface area contributed by atoms with Gasteiger partial charge < -0.3 is 5.32 Å². The molecule has 98 valence electrons. The van der Waals surface area contributed by atoms with Crippen LogP contribution in [0, 0.1) is 0 Å². The van der Waals surface area contributed by atoms with Gasteiger partial charge in [-0.05, 0) is 31.9 Å². The molecule has 1 aliphatic heterocycles. The molecule has 0 unspecified atom stereocenters. The van der Waals surface area contributed by atoms with E-state index in [0.717, 1.165) is 32.5 Å². The van der Waals surface area contributed by atoms with Crippen LogP contribution in [0.4, 0.5) is 5.82 Å². The second-order valence-electron chi connectivity index (χ2n) is 4.42. The molecule has 5 heteroatoms. The van der Waals surface area contributed by atoms with Gasteiger partial charge in [0.1, 0.15) is 5.82 Å². The first-order valence-corrected chi connectivity index (χ1v) is 6.56. The Labute approximate surface area is 108 Å². The Bertz CT molecular complexity index is 402. The van der Waals surface area contributed by atoms with Crippen LogP contribution in [0.5, 0.6) is 0 Å². The third-order valence-electron chi connectivity index (χ3n) is 3.01. The van der Waals surface area contributed by atoms with Crippen molar-refractivity contribution in [3.05, 3.63) is 23.9 Å². The highest BCUT2D eigenvalue weighted by atomic mass is 16.2. The molecule has 0 bridgehead atoms. The summed E-state index contributed by atoms with van der Waals surface area (Å²) in [4.78, 5) is 16.4. The predicted octanol–water partition coefficient (Wildman–Crippen LogP) is 1.64. The number of aromatic nitrogens is 1. The first-order valence-electron chi connectivity index (χ1n) is 6.56. The summed E-state index contributed by atoms with van der Waals surface area (Å²) in [6, 6.07) is 3.58. The van der Waals surface area contributed by atoms with Crippen molar-refractivity contribution in [3.8, 4) is 0 Å². The number of anilines is 1. The molecule has 1 saturated heterocycles. The minimum Gasteiger partial charge on any atom is -0.370 e. The fourth-order valence-electron chi connectivity index (χ4n) is 2.11. The van der Waals surface area contributed by atoms with Crippen LogP contribution >= 0.6 is 0 Å². The van der Waals surface area contributed by atoms with Crippen molar-refractivity contribution in [1.29, 1.82) is 0 Å². The lowest BCUT2D eigenvalue weighted by Crippen LogP contribution is -2.45. The SMILES string of the molecule is CCNc1ncccc1C(=O)NN1CCCCC1. The minimum absolute atomic E-state index is 0.0825. The molecule has 2 rings (SSSR count). The van der Waals surface area contributed by atoms with Crippen molar-refractivity contribution < 1.29 is 4.79 Å². The highest BCUT2D eigenvalue weighted by Crippen LogP contribution is 2.12. The number of nitrogens with one attached hydrogen (secondary N) is 2. The zero-order chi connectivity index (χ0) is 12.8. The molecule has 0 aliphatic carbocycles. The molecule has 1 fully saturated rings. The van der Waals surface area contributed by atoms with Gasteiger partial charge in [-0.1, -0.05) is 6.42 Å². The van der Waals surface area contributed by atoms with E-state index in [0.29, 0.717) is 11.4 Å². The van der Waals surface area contributed by atoms with Crippen molar-refractivity contribution in [2.75, 3.05) is 25.0 Å². The average Bonchev–Trinajstić information content (AvgIpc) is 2.41. The van der Waals surface area contributed by atoms with Gasteiger partial charge in [-0.3, -0.25) is 10.2 Å². The van der Waals surface area contributed by atoms with Crippen molar-refractivity contribution >= 4 is 11.7 Å². The normalized spacial score (nSPS) is 16.3. The van der Waals surface area contributed by atoms with Crippen LogP contribution in [0.25, 0.3) is 0 Å². The van der Waals surface area contributed by atoms with Crippen LogP contribution in [0.3, 0.4) is 0 Å². The lowest BCUT2D eigenvalue weighted by atomic mass is 10.2. The number of hydrogen-bond acceptors (Lipinski definition) is 4. The average molecular weight is 248 g/mol. The first kappa shape index (κ1) is 12.8. The Morgan fingerprint density at radius 1 is 1.39 bits per heavy atom. The van der Waals surface area contributed by atoms with Crippen LogP contribution < -0.4 is 10.7 Å². The van der Waals surface area contributed by atoms with E-state index >= 15 is 0 Å². The molecule has 0 radical (unpaired) electrons. The van der Waals surface area contributed by atoms with Crippen LogP contribution in [0.1, 0.15) is 36.5 Å². The quantitative estimate of drug-likeness (QED) is 0.850. The van der Waals surface area contributed by atoms with E-state index in [4.69, 9.17) is 0 Å². The molecule has 0 spiro atoms. The highest BCUT2D eigenvalue weighted by molar-refractivity contribution is 5.98. The summed E-state index contributed by atoms with van der Waals surface area (Å²) in [5.74, 6) is 0.565. The molecule has 0 aromatic carbocycles. The minimum atomic E-state index is -0.0825. The Balaban J connectivity index is 2.03. The van der Waals surface area contributed by atoms with Crippen molar-refractivity contribution in [3.63, 3.8) is 0 Å². The van der Waals surface area contributed by atoms with Crippen LogP contribution in [0.15, 0.2) is 18.3 Å². The van der Waals surface area contributed by atoms with E-state index in [2.05, 4.69) is 15.7 Å². The molecule has 2 heterocycles. The fourth-order valence-corrected chi connectivity index (χ4v) is 2.11. The summed E-state index contributed by atoms with van der Waals surface area (Å²) in [6.07, 6.45) is 5.23. The van der Waals surface area contributed by atoms with Gasteiger partial charge in [0, 0.05) is 25.8 Å². The van der Waals surface area contributed by atoms with E-state index < -0.39 is 0 Å². The Morgan fingerprint density at radius 2 is 2.17 bits per heavy atom. The van der Waals surface area contributed by atoms with E-state index in [-0.39, 0.29) is 5.91 Å². The number of nitrogens with zero attached hydrogens (tertiary/aromatic N) is 2. The number of piperidine rings is 1. The Hall–Kier alpha value is -1.62. The predicted molar refractivity (Wildman–Crippen MR) is 71.3 cm³/mol. The third-order valence-corrected chi connectivity index (χ3v) is 3.01. The van der Waals surface area contributed by atoms with Gasteiger partial charge in [-0.25, -0.2) is 9.99 Å². The van der Waals surface area contributed by atoms with Crippen LogP contribution in [-0.4, -0.2) is 35.5 Å². The lowest BCUT2D eigenvalue weighted by molar-refractivity contribution is 0.0750. The summed E-state index contributed by atoms with van der Waals surface area (Å²) < 4.78 is 0. The summed E-state index contributed by atoms with van der Waals surface area (Å²) in [7, 11) is 0. The molecule has 2 N–H and O–H groups in total. The highest BCUT2D eigenvalue weighted by Gasteiger charge is 2.16. The Morgan fingerprint density at radius 3 is 2.89 bits per heavy atom. The van der Waals surface area contributed by atoms with E-state index in [1.807, 2.05) is 11.9 Å². The van der Waals surface area contributed by atoms with Crippen molar-refractivity contribution in [1.82, 2.24) is 15.4 Å². The fraction of sp³-hybridized carbons (Fsp3) is 0.538. The number of carbonyl (C=O) groups excluding carboxylic acids is 1. The molecule has 1 aliphatic rings. The largest absolute Gasteiger partial charge is 0.370 e. The second kappa shape index (κ2) is 6.35. The Kier molecular flexibility index (Phi) is 4.52. The van der Waals surface area contributed by atoms with Gasteiger partial charge in [0.15, 0.2) is 0 Å². The van der Waals surface area contributed by atoms with Gasteiger partial charge in [0.2, 0.25) is 0 Å². The van der Waals surface area contributed by atoms with Crippen molar-refractivity contribution in [2.45, 2.75) is 26.2 Å². The number of pyridine rings is 1. The van der Waals surface area contributed by atoms with Gasteiger partial charge in [0.05, 0.1) is 5.56 Å². The van der Waals surface area contributed by atoms with Crippen molar-refractivity contribution in [2.24, 2.45) is 0 Å². The first-order chi connectivity index (χ1) is 8.81. The van der Waals surface area contributed by atoms with E-state index in [1.165, 1.54) is 6.42 Å². The van der Waals surface area contributed by atoms with Crippen LogP contribution in [-0.2, 0) is 0 Å².